The molecule has 5 nitrogen and oxygen atoms in total. The van der Waals surface area contributed by atoms with Crippen LogP contribution in [0.2, 0.25) is 0 Å². The number of aryl methyl sites for hydroxylation is 1. The molecular formula is C13H12FN3O2S. The monoisotopic (exact) mass is 293 g/mol. The lowest BCUT2D eigenvalue weighted by Crippen LogP contribution is -2.16. The largest absolute Gasteiger partial charge is 0.345 e. The van der Waals surface area contributed by atoms with Crippen molar-refractivity contribution in [2.45, 2.75) is 11.9 Å². The van der Waals surface area contributed by atoms with Crippen LogP contribution in [0.5, 0.6) is 0 Å². The first kappa shape index (κ1) is 14.3. The van der Waals surface area contributed by atoms with Crippen molar-refractivity contribution in [1.82, 2.24) is 9.97 Å². The van der Waals surface area contributed by atoms with Crippen LogP contribution in [0.15, 0.2) is 40.3 Å². The number of carbonyl (C=O) groups excluding carboxylic acids is 1. The summed E-state index contributed by atoms with van der Waals surface area (Å²) >= 11 is 1.19. The fourth-order valence-corrected chi connectivity index (χ4v) is 2.28. The van der Waals surface area contributed by atoms with Gasteiger partial charge in [-0.3, -0.25) is 4.79 Å². The van der Waals surface area contributed by atoms with E-state index in [2.05, 4.69) is 15.3 Å². The fourth-order valence-electron chi connectivity index (χ4n) is 1.49. The van der Waals surface area contributed by atoms with Crippen molar-refractivity contribution in [3.8, 4) is 0 Å². The molecule has 0 saturated heterocycles. The number of H-pyrrole nitrogens is 1. The second-order valence-corrected chi connectivity index (χ2v) is 5.03. The molecule has 1 aromatic heterocycles. The van der Waals surface area contributed by atoms with Crippen LogP contribution >= 0.6 is 11.8 Å². The Kier molecular flexibility index (Phi) is 4.52. The van der Waals surface area contributed by atoms with Gasteiger partial charge in [0.25, 0.3) is 0 Å². The smallest absolute Gasteiger partial charge is 0.325 e. The number of benzene rings is 1. The molecule has 0 saturated carbocycles. The maximum Gasteiger partial charge on any atom is 0.345 e. The third-order valence-electron chi connectivity index (χ3n) is 2.41. The first-order valence-electron chi connectivity index (χ1n) is 5.79. The Labute approximate surface area is 118 Å². The van der Waals surface area contributed by atoms with Crippen molar-refractivity contribution in [2.24, 2.45) is 0 Å². The van der Waals surface area contributed by atoms with Crippen LogP contribution in [-0.4, -0.2) is 21.6 Å². The summed E-state index contributed by atoms with van der Waals surface area (Å²) in [5, 5.41) is 3.18. The van der Waals surface area contributed by atoms with Gasteiger partial charge >= 0.3 is 5.69 Å². The van der Waals surface area contributed by atoms with Crippen molar-refractivity contribution in [1.29, 1.82) is 0 Å². The summed E-state index contributed by atoms with van der Waals surface area (Å²) in [6.07, 6.45) is 1.45. The van der Waals surface area contributed by atoms with Crippen LogP contribution in [0.1, 0.15) is 5.56 Å². The van der Waals surface area contributed by atoms with Crippen molar-refractivity contribution < 1.29 is 9.18 Å². The summed E-state index contributed by atoms with van der Waals surface area (Å²) in [5.41, 5.74) is 0.729. The van der Waals surface area contributed by atoms with Gasteiger partial charge < -0.3 is 10.3 Å². The SMILES string of the molecule is Cc1cnc(=O)[nH]c1SCC(=O)Nc1cccc(F)c1. The number of amides is 1. The predicted molar refractivity (Wildman–Crippen MR) is 75.3 cm³/mol. The first-order valence-corrected chi connectivity index (χ1v) is 6.77. The molecule has 0 aliphatic rings. The molecule has 1 aromatic carbocycles. The highest BCUT2D eigenvalue weighted by Gasteiger charge is 2.07. The highest BCUT2D eigenvalue weighted by molar-refractivity contribution is 8.00. The number of anilines is 1. The van der Waals surface area contributed by atoms with E-state index >= 15 is 0 Å². The fraction of sp³-hybridized carbons (Fsp3) is 0.154. The van der Waals surface area contributed by atoms with Crippen LogP contribution < -0.4 is 11.0 Å². The summed E-state index contributed by atoms with van der Waals surface area (Å²) in [4.78, 5) is 29.0. The van der Waals surface area contributed by atoms with Crippen LogP contribution in [0.3, 0.4) is 0 Å². The molecule has 0 fully saturated rings. The molecule has 2 rings (SSSR count). The second kappa shape index (κ2) is 6.33. The number of nitrogens with zero attached hydrogens (tertiary/aromatic N) is 1. The van der Waals surface area contributed by atoms with Crippen molar-refractivity contribution in [3.63, 3.8) is 0 Å². The molecule has 0 bridgehead atoms. The van der Waals surface area contributed by atoms with E-state index in [0.29, 0.717) is 10.7 Å². The first-order chi connectivity index (χ1) is 9.54. The molecule has 0 aliphatic carbocycles. The van der Waals surface area contributed by atoms with E-state index in [4.69, 9.17) is 0 Å². The molecule has 0 unspecified atom stereocenters. The molecule has 1 heterocycles. The quantitative estimate of drug-likeness (QED) is 0.667. The number of halogens is 1. The van der Waals surface area contributed by atoms with Gasteiger partial charge in [0.05, 0.1) is 10.8 Å². The number of thioether (sulfide) groups is 1. The summed E-state index contributed by atoms with van der Waals surface area (Å²) < 4.78 is 13.0. The van der Waals surface area contributed by atoms with E-state index in [9.17, 15) is 14.0 Å². The number of nitrogens with one attached hydrogen (secondary N) is 2. The van der Waals surface area contributed by atoms with Gasteiger partial charge in [-0.25, -0.2) is 14.2 Å². The third-order valence-corrected chi connectivity index (χ3v) is 3.53. The van der Waals surface area contributed by atoms with Gasteiger partial charge in [0.1, 0.15) is 5.82 Å². The molecule has 7 heteroatoms. The normalized spacial score (nSPS) is 10.3. The second-order valence-electron chi connectivity index (χ2n) is 4.05. The Morgan fingerprint density at radius 3 is 3.05 bits per heavy atom. The molecule has 2 aromatic rings. The average molecular weight is 293 g/mol. The van der Waals surface area contributed by atoms with E-state index in [1.54, 1.807) is 13.0 Å². The van der Waals surface area contributed by atoms with Crippen LogP contribution in [0.25, 0.3) is 0 Å². The predicted octanol–water partition coefficient (Wildman–Crippen LogP) is 1.95. The van der Waals surface area contributed by atoms with Gasteiger partial charge in [0, 0.05) is 11.9 Å². The topological polar surface area (TPSA) is 74.8 Å². The van der Waals surface area contributed by atoms with E-state index < -0.39 is 11.5 Å². The number of aromatic nitrogens is 2. The lowest BCUT2D eigenvalue weighted by molar-refractivity contribution is -0.113. The standard InChI is InChI=1S/C13H12FN3O2S/c1-8-6-15-13(19)17-12(8)20-7-11(18)16-10-4-2-3-9(14)5-10/h2-6H,7H2,1H3,(H,16,18)(H,15,17,19). The van der Waals surface area contributed by atoms with Gasteiger partial charge in [-0.1, -0.05) is 17.8 Å². The molecule has 20 heavy (non-hydrogen) atoms. The van der Waals surface area contributed by atoms with E-state index in [-0.39, 0.29) is 11.7 Å². The Bertz CT molecular complexity index is 687. The summed E-state index contributed by atoms with van der Waals surface area (Å²) in [5.74, 6) is -0.584. The summed E-state index contributed by atoms with van der Waals surface area (Å²) in [6.45, 7) is 1.79. The molecule has 0 atom stereocenters. The Morgan fingerprint density at radius 2 is 2.30 bits per heavy atom. The van der Waals surface area contributed by atoms with Gasteiger partial charge in [0.15, 0.2) is 0 Å². The lowest BCUT2D eigenvalue weighted by Gasteiger charge is -2.06. The van der Waals surface area contributed by atoms with Gasteiger partial charge in [0.2, 0.25) is 5.91 Å². The van der Waals surface area contributed by atoms with Crippen LogP contribution in [0.4, 0.5) is 10.1 Å². The number of carbonyl (C=O) groups is 1. The molecule has 1 amide bonds. The van der Waals surface area contributed by atoms with E-state index in [1.807, 2.05) is 0 Å². The minimum Gasteiger partial charge on any atom is -0.325 e. The maximum absolute atomic E-state index is 13.0. The highest BCUT2D eigenvalue weighted by atomic mass is 32.2. The zero-order chi connectivity index (χ0) is 14.5. The molecule has 0 radical (unpaired) electrons. The molecule has 104 valence electrons. The van der Waals surface area contributed by atoms with Crippen LogP contribution in [0, 0.1) is 12.7 Å². The number of rotatable bonds is 4. The number of aromatic amines is 1. The minimum absolute atomic E-state index is 0.108. The molecule has 0 aliphatic heterocycles. The van der Waals surface area contributed by atoms with E-state index in [0.717, 1.165) is 5.56 Å². The van der Waals surface area contributed by atoms with Crippen LogP contribution in [-0.2, 0) is 4.79 Å². The van der Waals surface area contributed by atoms with Gasteiger partial charge in [-0.2, -0.15) is 0 Å². The van der Waals surface area contributed by atoms with Crippen molar-refractivity contribution >= 4 is 23.4 Å². The molecular weight excluding hydrogens is 281 g/mol. The third kappa shape index (κ3) is 3.92. The zero-order valence-electron chi connectivity index (χ0n) is 10.6. The lowest BCUT2D eigenvalue weighted by atomic mass is 10.3. The van der Waals surface area contributed by atoms with Gasteiger partial charge in [-0.15, -0.1) is 0 Å². The summed E-state index contributed by atoms with van der Waals surface area (Å²) in [6, 6.07) is 5.66. The van der Waals surface area contributed by atoms with Gasteiger partial charge in [-0.05, 0) is 30.7 Å². The number of hydrogen-bond acceptors (Lipinski definition) is 4. The average Bonchev–Trinajstić information content (AvgIpc) is 2.40. The number of hydrogen-bond donors (Lipinski definition) is 2. The molecule has 0 spiro atoms. The Balaban J connectivity index is 1.95. The van der Waals surface area contributed by atoms with Crippen molar-refractivity contribution in [3.05, 3.63) is 52.3 Å². The maximum atomic E-state index is 13.0. The Morgan fingerprint density at radius 1 is 1.50 bits per heavy atom. The summed E-state index contributed by atoms with van der Waals surface area (Å²) in [7, 11) is 0. The van der Waals surface area contributed by atoms with E-state index in [1.165, 1.54) is 36.2 Å². The highest BCUT2D eigenvalue weighted by Crippen LogP contribution is 2.18. The minimum atomic E-state index is -0.455. The zero-order valence-corrected chi connectivity index (χ0v) is 11.5. The Hall–Kier alpha value is -2.15. The van der Waals surface area contributed by atoms with Crippen molar-refractivity contribution in [2.75, 3.05) is 11.1 Å². The molecule has 2 N–H and O–H groups in total.